The minimum absolute atomic E-state index is 0.0676. The minimum atomic E-state index is 0.0676. The molecule has 4 rings (SSSR count). The highest BCUT2D eigenvalue weighted by molar-refractivity contribution is 5.51. The molecule has 1 aliphatic rings. The molecule has 5 heteroatoms. The number of benzene rings is 1. The molecule has 0 amide bonds. The molecular formula is C15H13N3O2. The second-order valence-corrected chi connectivity index (χ2v) is 4.87. The fourth-order valence-electron chi connectivity index (χ4n) is 2.51. The van der Waals surface area contributed by atoms with Crippen LogP contribution in [0, 0.1) is 0 Å². The fraction of sp³-hybridized carbons (Fsp3) is 0.200. The summed E-state index contributed by atoms with van der Waals surface area (Å²) < 4.78 is 10.4. The van der Waals surface area contributed by atoms with Gasteiger partial charge in [-0.15, -0.1) is 0 Å². The van der Waals surface area contributed by atoms with Gasteiger partial charge in [-0.2, -0.15) is 4.98 Å². The first-order valence-corrected chi connectivity index (χ1v) is 6.56. The van der Waals surface area contributed by atoms with Gasteiger partial charge in [0, 0.05) is 6.54 Å². The molecule has 2 aromatic heterocycles. The van der Waals surface area contributed by atoms with Crippen molar-refractivity contribution < 1.29 is 8.94 Å². The van der Waals surface area contributed by atoms with Crippen LogP contribution in [0.1, 0.15) is 23.1 Å². The number of rotatable bonds is 2. The number of hydrogen-bond donors (Lipinski definition) is 1. The first kappa shape index (κ1) is 11.4. The molecule has 0 spiro atoms. The van der Waals surface area contributed by atoms with E-state index in [1.165, 1.54) is 11.1 Å². The van der Waals surface area contributed by atoms with Crippen molar-refractivity contribution in [3.05, 3.63) is 59.9 Å². The highest BCUT2D eigenvalue weighted by Crippen LogP contribution is 2.26. The molecule has 1 N–H and O–H groups in total. The molecule has 0 bridgehead atoms. The maximum atomic E-state index is 5.38. The normalized spacial score (nSPS) is 17.9. The quantitative estimate of drug-likeness (QED) is 0.773. The summed E-state index contributed by atoms with van der Waals surface area (Å²) in [4.78, 5) is 4.45. The van der Waals surface area contributed by atoms with Crippen LogP contribution in [-0.4, -0.2) is 10.1 Å². The van der Waals surface area contributed by atoms with Crippen molar-refractivity contribution in [1.29, 1.82) is 0 Å². The summed E-state index contributed by atoms with van der Waals surface area (Å²) in [7, 11) is 0. The third kappa shape index (κ3) is 1.92. The molecule has 0 aliphatic carbocycles. The lowest BCUT2D eigenvalue weighted by atomic mass is 9.96. The standard InChI is InChI=1S/C15H13N3O2/c1-2-4-11-8-16-13(7-10(11)3-1)15-17-14(18-20-15)12-5-6-19-9-12/h1-6,9,13,16H,7-8H2/t13-/m0/s1. The van der Waals surface area contributed by atoms with Gasteiger partial charge in [-0.1, -0.05) is 29.4 Å². The van der Waals surface area contributed by atoms with Crippen molar-refractivity contribution in [3.8, 4) is 11.4 Å². The van der Waals surface area contributed by atoms with Gasteiger partial charge in [-0.05, 0) is 23.6 Å². The number of nitrogens with one attached hydrogen (secondary N) is 1. The van der Waals surface area contributed by atoms with Gasteiger partial charge in [-0.3, -0.25) is 0 Å². The summed E-state index contributed by atoms with van der Waals surface area (Å²) in [5.74, 6) is 1.19. The lowest BCUT2D eigenvalue weighted by molar-refractivity contribution is 0.321. The van der Waals surface area contributed by atoms with Crippen molar-refractivity contribution in [2.24, 2.45) is 0 Å². The number of fused-ring (bicyclic) bond motifs is 1. The SMILES string of the molecule is c1ccc2c(c1)CN[C@H](c1nc(-c3ccoc3)no1)C2. The van der Waals surface area contributed by atoms with Crippen LogP contribution in [0.3, 0.4) is 0 Å². The van der Waals surface area contributed by atoms with Crippen LogP contribution in [0.15, 0.2) is 51.8 Å². The Morgan fingerprint density at radius 3 is 2.90 bits per heavy atom. The lowest BCUT2D eigenvalue weighted by Gasteiger charge is -2.23. The third-order valence-corrected chi connectivity index (χ3v) is 3.60. The summed E-state index contributed by atoms with van der Waals surface area (Å²) in [5, 5.41) is 7.43. The maximum Gasteiger partial charge on any atom is 0.244 e. The van der Waals surface area contributed by atoms with Crippen LogP contribution in [0.5, 0.6) is 0 Å². The topological polar surface area (TPSA) is 64.1 Å². The largest absolute Gasteiger partial charge is 0.472 e. The lowest BCUT2D eigenvalue weighted by Crippen LogP contribution is -2.28. The van der Waals surface area contributed by atoms with E-state index in [1.807, 2.05) is 6.07 Å². The molecule has 3 aromatic rings. The highest BCUT2D eigenvalue weighted by atomic mass is 16.5. The van der Waals surface area contributed by atoms with Crippen molar-refractivity contribution in [2.75, 3.05) is 0 Å². The van der Waals surface area contributed by atoms with Gasteiger partial charge in [0.15, 0.2) is 0 Å². The number of hydrogen-bond acceptors (Lipinski definition) is 5. The van der Waals surface area contributed by atoms with Crippen molar-refractivity contribution in [1.82, 2.24) is 15.5 Å². The molecule has 1 aromatic carbocycles. The van der Waals surface area contributed by atoms with Gasteiger partial charge in [0.1, 0.15) is 6.26 Å². The van der Waals surface area contributed by atoms with Crippen LogP contribution in [0.2, 0.25) is 0 Å². The first-order valence-electron chi connectivity index (χ1n) is 6.56. The summed E-state index contributed by atoms with van der Waals surface area (Å²) in [6.45, 7) is 0.824. The summed E-state index contributed by atoms with van der Waals surface area (Å²) in [6, 6.07) is 10.3. The Hall–Kier alpha value is -2.40. The monoisotopic (exact) mass is 267 g/mol. The molecule has 5 nitrogen and oxygen atoms in total. The van der Waals surface area contributed by atoms with E-state index in [4.69, 9.17) is 8.94 Å². The van der Waals surface area contributed by atoms with Crippen molar-refractivity contribution in [3.63, 3.8) is 0 Å². The van der Waals surface area contributed by atoms with E-state index in [0.717, 1.165) is 18.5 Å². The van der Waals surface area contributed by atoms with Crippen LogP contribution in [0.4, 0.5) is 0 Å². The summed E-state index contributed by atoms with van der Waals surface area (Å²) in [5.41, 5.74) is 3.49. The average Bonchev–Trinajstić information content (AvgIpc) is 3.17. The van der Waals surface area contributed by atoms with Crippen LogP contribution in [-0.2, 0) is 13.0 Å². The second-order valence-electron chi connectivity index (χ2n) is 4.87. The molecule has 1 atom stereocenters. The maximum absolute atomic E-state index is 5.38. The Balaban J connectivity index is 1.60. The van der Waals surface area contributed by atoms with Gasteiger partial charge in [0.25, 0.3) is 0 Å². The Kier molecular flexibility index (Phi) is 2.63. The van der Waals surface area contributed by atoms with Crippen molar-refractivity contribution in [2.45, 2.75) is 19.0 Å². The number of nitrogens with zero attached hydrogens (tertiary/aromatic N) is 2. The molecule has 1 aliphatic heterocycles. The Morgan fingerprint density at radius 1 is 1.15 bits per heavy atom. The van der Waals surface area contributed by atoms with E-state index in [9.17, 15) is 0 Å². The van der Waals surface area contributed by atoms with E-state index in [2.05, 4.69) is 39.7 Å². The molecule has 3 heterocycles. The average molecular weight is 267 g/mol. The van der Waals surface area contributed by atoms with Crippen LogP contribution >= 0.6 is 0 Å². The predicted molar refractivity (Wildman–Crippen MR) is 71.7 cm³/mol. The fourth-order valence-corrected chi connectivity index (χ4v) is 2.51. The number of furan rings is 1. The second kappa shape index (κ2) is 4.61. The minimum Gasteiger partial charge on any atom is -0.472 e. The molecular weight excluding hydrogens is 254 g/mol. The van der Waals surface area contributed by atoms with Crippen LogP contribution < -0.4 is 5.32 Å². The van der Waals surface area contributed by atoms with Gasteiger partial charge < -0.3 is 14.3 Å². The predicted octanol–water partition coefficient (Wildman–Crippen LogP) is 2.72. The van der Waals surface area contributed by atoms with E-state index in [-0.39, 0.29) is 6.04 Å². The smallest absolute Gasteiger partial charge is 0.244 e. The zero-order valence-electron chi connectivity index (χ0n) is 10.7. The number of aromatic nitrogens is 2. The summed E-state index contributed by atoms with van der Waals surface area (Å²) in [6.07, 6.45) is 4.07. The molecule has 0 unspecified atom stereocenters. The van der Waals surface area contributed by atoms with E-state index in [1.54, 1.807) is 12.5 Å². The van der Waals surface area contributed by atoms with E-state index >= 15 is 0 Å². The first-order chi connectivity index (χ1) is 9.90. The summed E-state index contributed by atoms with van der Waals surface area (Å²) >= 11 is 0. The van der Waals surface area contributed by atoms with Gasteiger partial charge in [-0.25, -0.2) is 0 Å². The molecule has 0 fully saturated rings. The van der Waals surface area contributed by atoms with Gasteiger partial charge in [0.05, 0.1) is 17.9 Å². The molecule has 20 heavy (non-hydrogen) atoms. The Morgan fingerprint density at radius 2 is 2.05 bits per heavy atom. The Bertz CT molecular complexity index is 718. The van der Waals surface area contributed by atoms with Crippen molar-refractivity contribution >= 4 is 0 Å². The van der Waals surface area contributed by atoms with Crippen LogP contribution in [0.25, 0.3) is 11.4 Å². The Labute approximate surface area is 115 Å². The van der Waals surface area contributed by atoms with E-state index < -0.39 is 0 Å². The van der Waals surface area contributed by atoms with E-state index in [0.29, 0.717) is 11.7 Å². The zero-order chi connectivity index (χ0) is 13.4. The highest BCUT2D eigenvalue weighted by Gasteiger charge is 2.24. The molecule has 100 valence electrons. The van der Waals surface area contributed by atoms with Gasteiger partial charge >= 0.3 is 0 Å². The van der Waals surface area contributed by atoms with Gasteiger partial charge in [0.2, 0.25) is 11.7 Å². The third-order valence-electron chi connectivity index (χ3n) is 3.60. The zero-order valence-corrected chi connectivity index (χ0v) is 10.7. The molecule has 0 saturated heterocycles. The molecule has 0 radical (unpaired) electrons. The molecule has 0 saturated carbocycles.